The molecule has 1 aliphatic heterocycles. The fourth-order valence-electron chi connectivity index (χ4n) is 2.29. The maximum Gasteiger partial charge on any atom is 0.243 e. The molecule has 2 amide bonds. The summed E-state index contributed by atoms with van der Waals surface area (Å²) in [7, 11) is 0. The van der Waals surface area contributed by atoms with E-state index in [2.05, 4.69) is 26.1 Å². The van der Waals surface area contributed by atoms with Gasteiger partial charge in [0, 0.05) is 5.54 Å². The van der Waals surface area contributed by atoms with Crippen LogP contribution in [-0.4, -0.2) is 34.8 Å². The average Bonchev–Trinajstić information content (AvgIpc) is 2.30. The van der Waals surface area contributed by atoms with Gasteiger partial charge in [0.25, 0.3) is 0 Å². The number of piperazine rings is 1. The minimum Gasteiger partial charge on any atom is -0.345 e. The summed E-state index contributed by atoms with van der Waals surface area (Å²) in [5, 5.41) is 2.65. The molecule has 1 atom stereocenters. The Morgan fingerprint density at radius 1 is 1.31 bits per heavy atom. The third-order valence-electron chi connectivity index (χ3n) is 3.79. The third kappa shape index (κ3) is 2.06. The van der Waals surface area contributed by atoms with E-state index in [0.717, 1.165) is 12.8 Å². The second-order valence-corrected chi connectivity index (χ2v) is 4.61. The lowest BCUT2D eigenvalue weighted by Gasteiger charge is -2.46. The maximum atomic E-state index is 12.0. The van der Waals surface area contributed by atoms with Gasteiger partial charge in [-0.1, -0.05) is 20.8 Å². The van der Waals surface area contributed by atoms with Crippen molar-refractivity contribution >= 4 is 11.8 Å². The molecule has 1 saturated heterocycles. The molecule has 0 saturated carbocycles. The van der Waals surface area contributed by atoms with E-state index in [9.17, 15) is 9.59 Å². The van der Waals surface area contributed by atoms with Gasteiger partial charge in [0.05, 0.1) is 6.54 Å². The molecular weight excluding hydrogens is 204 g/mol. The van der Waals surface area contributed by atoms with Crippen LogP contribution in [0, 0.1) is 0 Å². The van der Waals surface area contributed by atoms with Gasteiger partial charge in [-0.25, -0.2) is 0 Å². The van der Waals surface area contributed by atoms with E-state index in [1.165, 1.54) is 0 Å². The third-order valence-corrected chi connectivity index (χ3v) is 3.79. The molecule has 1 rings (SSSR count). The van der Waals surface area contributed by atoms with Crippen LogP contribution < -0.4 is 5.32 Å². The normalized spacial score (nSPS) is 22.2. The molecule has 0 aliphatic carbocycles. The SMILES string of the molecule is CCC1C(=O)NCC(=O)N1C(C)(CC)CC. The molecule has 1 heterocycles. The molecule has 0 aromatic carbocycles. The summed E-state index contributed by atoms with van der Waals surface area (Å²) in [5.41, 5.74) is -0.199. The number of amides is 2. The van der Waals surface area contributed by atoms with Crippen molar-refractivity contribution < 1.29 is 9.59 Å². The van der Waals surface area contributed by atoms with E-state index in [1.54, 1.807) is 4.90 Å². The van der Waals surface area contributed by atoms with Crippen LogP contribution >= 0.6 is 0 Å². The topological polar surface area (TPSA) is 49.4 Å². The number of carbonyl (C=O) groups excluding carboxylic acids is 2. The Hall–Kier alpha value is -1.06. The van der Waals surface area contributed by atoms with Crippen LogP contribution in [0.4, 0.5) is 0 Å². The quantitative estimate of drug-likeness (QED) is 0.785. The van der Waals surface area contributed by atoms with Crippen molar-refractivity contribution in [3.05, 3.63) is 0 Å². The Morgan fingerprint density at radius 2 is 1.88 bits per heavy atom. The first-order valence-corrected chi connectivity index (χ1v) is 6.10. The van der Waals surface area contributed by atoms with E-state index >= 15 is 0 Å². The zero-order valence-corrected chi connectivity index (χ0v) is 10.7. The van der Waals surface area contributed by atoms with Crippen molar-refractivity contribution in [1.29, 1.82) is 0 Å². The summed E-state index contributed by atoms with van der Waals surface area (Å²) in [5.74, 6) is 0.0212. The molecular formula is C12H22N2O2. The molecule has 4 nitrogen and oxygen atoms in total. The molecule has 1 N–H and O–H groups in total. The molecule has 0 bridgehead atoms. The Labute approximate surface area is 97.4 Å². The van der Waals surface area contributed by atoms with E-state index in [4.69, 9.17) is 0 Å². The zero-order chi connectivity index (χ0) is 12.3. The summed E-state index contributed by atoms with van der Waals surface area (Å²) in [4.78, 5) is 25.5. The van der Waals surface area contributed by atoms with Gasteiger partial charge in [-0.2, -0.15) is 0 Å². The van der Waals surface area contributed by atoms with Gasteiger partial charge >= 0.3 is 0 Å². The van der Waals surface area contributed by atoms with Crippen LogP contribution in [0.3, 0.4) is 0 Å². The molecule has 92 valence electrons. The Balaban J connectivity index is 3.04. The molecule has 1 fully saturated rings. The molecule has 0 radical (unpaired) electrons. The number of hydrogen-bond acceptors (Lipinski definition) is 2. The summed E-state index contributed by atoms with van der Waals surface area (Å²) < 4.78 is 0. The largest absolute Gasteiger partial charge is 0.345 e. The van der Waals surface area contributed by atoms with E-state index in [-0.39, 0.29) is 29.9 Å². The predicted molar refractivity (Wildman–Crippen MR) is 62.9 cm³/mol. The summed E-state index contributed by atoms with van der Waals surface area (Å²) >= 11 is 0. The van der Waals surface area contributed by atoms with Crippen molar-refractivity contribution in [1.82, 2.24) is 10.2 Å². The predicted octanol–water partition coefficient (Wildman–Crippen LogP) is 1.30. The highest BCUT2D eigenvalue weighted by molar-refractivity contribution is 5.95. The average molecular weight is 226 g/mol. The summed E-state index contributed by atoms with van der Waals surface area (Å²) in [6.07, 6.45) is 2.42. The summed E-state index contributed by atoms with van der Waals surface area (Å²) in [6.45, 7) is 8.28. The first-order valence-electron chi connectivity index (χ1n) is 6.10. The van der Waals surface area contributed by atoms with Crippen LogP contribution in [0.1, 0.15) is 47.0 Å². The number of carbonyl (C=O) groups is 2. The Morgan fingerprint density at radius 3 is 2.31 bits per heavy atom. The van der Waals surface area contributed by atoms with E-state index in [1.807, 2.05) is 6.92 Å². The molecule has 1 unspecified atom stereocenters. The van der Waals surface area contributed by atoms with Crippen LogP contribution in [0.2, 0.25) is 0 Å². The summed E-state index contributed by atoms with van der Waals surface area (Å²) in [6, 6.07) is -0.300. The first-order chi connectivity index (χ1) is 7.50. The van der Waals surface area contributed by atoms with Gasteiger partial charge in [-0.05, 0) is 26.2 Å². The van der Waals surface area contributed by atoms with Crippen molar-refractivity contribution in [2.45, 2.75) is 58.5 Å². The number of nitrogens with zero attached hydrogens (tertiary/aromatic N) is 1. The van der Waals surface area contributed by atoms with Crippen molar-refractivity contribution in [3.8, 4) is 0 Å². The number of rotatable bonds is 4. The minimum absolute atomic E-state index is 0.0183. The fourth-order valence-corrected chi connectivity index (χ4v) is 2.29. The molecule has 16 heavy (non-hydrogen) atoms. The highest BCUT2D eigenvalue weighted by Crippen LogP contribution is 2.28. The number of hydrogen-bond donors (Lipinski definition) is 1. The van der Waals surface area contributed by atoms with Gasteiger partial charge < -0.3 is 10.2 Å². The zero-order valence-electron chi connectivity index (χ0n) is 10.7. The van der Waals surface area contributed by atoms with Crippen molar-refractivity contribution in [3.63, 3.8) is 0 Å². The second-order valence-electron chi connectivity index (χ2n) is 4.61. The maximum absolute atomic E-state index is 12.0. The Kier molecular flexibility index (Phi) is 3.94. The lowest BCUT2D eigenvalue weighted by Crippen LogP contribution is -2.65. The molecule has 0 aromatic rings. The van der Waals surface area contributed by atoms with E-state index < -0.39 is 0 Å². The smallest absolute Gasteiger partial charge is 0.243 e. The standard InChI is InChI=1S/C12H22N2O2/c1-5-9-11(16)13-8-10(15)14(9)12(4,6-2)7-3/h9H,5-8H2,1-4H3,(H,13,16). The highest BCUT2D eigenvalue weighted by Gasteiger charge is 2.42. The van der Waals surface area contributed by atoms with Crippen molar-refractivity contribution in [2.75, 3.05) is 6.54 Å². The lowest BCUT2D eigenvalue weighted by atomic mass is 9.89. The molecule has 0 spiro atoms. The second kappa shape index (κ2) is 4.85. The first kappa shape index (κ1) is 13.0. The number of nitrogens with one attached hydrogen (secondary N) is 1. The van der Waals surface area contributed by atoms with Gasteiger partial charge in [0.2, 0.25) is 11.8 Å². The highest BCUT2D eigenvalue weighted by atomic mass is 16.2. The van der Waals surface area contributed by atoms with Crippen molar-refractivity contribution in [2.24, 2.45) is 0 Å². The van der Waals surface area contributed by atoms with Crippen LogP contribution in [0.5, 0.6) is 0 Å². The lowest BCUT2D eigenvalue weighted by molar-refractivity contribution is -0.153. The van der Waals surface area contributed by atoms with Gasteiger partial charge in [0.15, 0.2) is 0 Å². The van der Waals surface area contributed by atoms with Gasteiger partial charge in [-0.15, -0.1) is 0 Å². The van der Waals surface area contributed by atoms with E-state index in [0.29, 0.717) is 6.42 Å². The van der Waals surface area contributed by atoms with Gasteiger partial charge in [0.1, 0.15) is 6.04 Å². The van der Waals surface area contributed by atoms with Crippen LogP contribution in [0.15, 0.2) is 0 Å². The van der Waals surface area contributed by atoms with Gasteiger partial charge in [-0.3, -0.25) is 9.59 Å². The minimum atomic E-state index is -0.300. The molecule has 0 aromatic heterocycles. The monoisotopic (exact) mass is 226 g/mol. The fraction of sp³-hybridized carbons (Fsp3) is 0.833. The van der Waals surface area contributed by atoms with Crippen LogP contribution in [0.25, 0.3) is 0 Å². The molecule has 4 heteroatoms. The molecule has 1 aliphatic rings. The Bertz CT molecular complexity index is 285. The van der Waals surface area contributed by atoms with Crippen LogP contribution in [-0.2, 0) is 9.59 Å².